The van der Waals surface area contributed by atoms with Crippen LogP contribution in [0, 0.1) is 0 Å². The maximum atomic E-state index is 12.3. The molecule has 1 aromatic carbocycles. The van der Waals surface area contributed by atoms with Gasteiger partial charge in [0.1, 0.15) is 0 Å². The molecule has 20 heavy (non-hydrogen) atoms. The van der Waals surface area contributed by atoms with Crippen molar-refractivity contribution >= 4 is 16.8 Å². The SMILES string of the molecule is Cn1cc(C(=O)NC[C@H]2CCCCO2)c2ccccc21. The Bertz CT molecular complexity index is 612. The van der Waals surface area contributed by atoms with Gasteiger partial charge in [-0.1, -0.05) is 18.2 Å². The number of nitrogens with one attached hydrogen (secondary N) is 1. The highest BCUT2D eigenvalue weighted by molar-refractivity contribution is 6.06. The standard InChI is InChI=1S/C16H20N2O2/c1-18-11-14(13-7-2-3-8-15(13)18)16(19)17-10-12-6-4-5-9-20-12/h2-3,7-8,11-12H,4-6,9-10H2,1H3,(H,17,19)/t12-/m1/s1. The maximum Gasteiger partial charge on any atom is 0.253 e. The van der Waals surface area contributed by atoms with E-state index in [4.69, 9.17) is 4.74 Å². The van der Waals surface area contributed by atoms with E-state index in [-0.39, 0.29) is 12.0 Å². The Hall–Kier alpha value is -1.81. The van der Waals surface area contributed by atoms with Crippen LogP contribution in [0.1, 0.15) is 29.6 Å². The molecule has 0 saturated carbocycles. The van der Waals surface area contributed by atoms with Gasteiger partial charge in [0.2, 0.25) is 0 Å². The Balaban J connectivity index is 1.72. The van der Waals surface area contributed by atoms with Crippen molar-refractivity contribution in [2.75, 3.05) is 13.2 Å². The number of carbonyl (C=O) groups excluding carboxylic acids is 1. The number of para-hydroxylation sites is 1. The fourth-order valence-electron chi connectivity index (χ4n) is 2.79. The summed E-state index contributed by atoms with van der Waals surface area (Å²) in [6, 6.07) is 7.96. The third kappa shape index (κ3) is 2.56. The molecule has 2 aromatic rings. The van der Waals surface area contributed by atoms with Crippen molar-refractivity contribution < 1.29 is 9.53 Å². The molecular formula is C16H20N2O2. The highest BCUT2D eigenvalue weighted by atomic mass is 16.5. The molecule has 2 heterocycles. The maximum absolute atomic E-state index is 12.3. The number of benzene rings is 1. The van der Waals surface area contributed by atoms with Crippen LogP contribution >= 0.6 is 0 Å². The van der Waals surface area contributed by atoms with Gasteiger partial charge in [0.15, 0.2) is 0 Å². The van der Waals surface area contributed by atoms with E-state index in [1.54, 1.807) is 0 Å². The van der Waals surface area contributed by atoms with Gasteiger partial charge in [-0.25, -0.2) is 0 Å². The van der Waals surface area contributed by atoms with Crippen LogP contribution in [0.15, 0.2) is 30.5 Å². The van der Waals surface area contributed by atoms with Crippen LogP contribution in [0.2, 0.25) is 0 Å². The monoisotopic (exact) mass is 272 g/mol. The van der Waals surface area contributed by atoms with E-state index >= 15 is 0 Å². The van der Waals surface area contributed by atoms with Crippen molar-refractivity contribution in [3.63, 3.8) is 0 Å². The van der Waals surface area contributed by atoms with Crippen molar-refractivity contribution in [3.8, 4) is 0 Å². The lowest BCUT2D eigenvalue weighted by molar-refractivity contribution is 0.0169. The molecule has 1 aliphatic rings. The number of aromatic nitrogens is 1. The van der Waals surface area contributed by atoms with Gasteiger partial charge in [-0.05, 0) is 25.3 Å². The second-order valence-corrected chi connectivity index (χ2v) is 5.37. The third-order valence-corrected chi connectivity index (χ3v) is 3.91. The van der Waals surface area contributed by atoms with Gasteiger partial charge in [0, 0.05) is 37.3 Å². The van der Waals surface area contributed by atoms with Gasteiger partial charge in [-0.3, -0.25) is 4.79 Å². The zero-order chi connectivity index (χ0) is 13.9. The molecule has 0 spiro atoms. The predicted octanol–water partition coefficient (Wildman–Crippen LogP) is 2.48. The summed E-state index contributed by atoms with van der Waals surface area (Å²) in [5, 5.41) is 3.99. The molecule has 1 atom stereocenters. The molecule has 1 N–H and O–H groups in total. The van der Waals surface area contributed by atoms with Gasteiger partial charge in [-0.2, -0.15) is 0 Å². The largest absolute Gasteiger partial charge is 0.376 e. The number of rotatable bonds is 3. The number of hydrogen-bond acceptors (Lipinski definition) is 2. The first-order valence-corrected chi connectivity index (χ1v) is 7.19. The fraction of sp³-hybridized carbons (Fsp3) is 0.438. The predicted molar refractivity (Wildman–Crippen MR) is 78.8 cm³/mol. The molecule has 106 valence electrons. The molecular weight excluding hydrogens is 252 g/mol. The van der Waals surface area contributed by atoms with Crippen LogP contribution in [0.25, 0.3) is 10.9 Å². The number of amides is 1. The van der Waals surface area contributed by atoms with E-state index in [1.807, 2.05) is 42.1 Å². The van der Waals surface area contributed by atoms with Crippen molar-refractivity contribution in [2.24, 2.45) is 7.05 Å². The summed E-state index contributed by atoms with van der Waals surface area (Å²) < 4.78 is 7.62. The van der Waals surface area contributed by atoms with Crippen molar-refractivity contribution in [1.29, 1.82) is 0 Å². The van der Waals surface area contributed by atoms with E-state index in [9.17, 15) is 4.79 Å². The first kappa shape index (κ1) is 13.2. The Morgan fingerprint density at radius 1 is 1.40 bits per heavy atom. The fourth-order valence-corrected chi connectivity index (χ4v) is 2.79. The highest BCUT2D eigenvalue weighted by Crippen LogP contribution is 2.20. The van der Waals surface area contributed by atoms with Crippen LogP contribution in [0.3, 0.4) is 0 Å². The van der Waals surface area contributed by atoms with Crippen LogP contribution in [0.4, 0.5) is 0 Å². The van der Waals surface area contributed by atoms with E-state index < -0.39 is 0 Å². The second-order valence-electron chi connectivity index (χ2n) is 5.37. The molecule has 0 radical (unpaired) electrons. The topological polar surface area (TPSA) is 43.3 Å². The average Bonchev–Trinajstić information content (AvgIpc) is 2.84. The number of nitrogens with zero attached hydrogens (tertiary/aromatic N) is 1. The minimum absolute atomic E-state index is 0.0176. The molecule has 3 rings (SSSR count). The lowest BCUT2D eigenvalue weighted by atomic mass is 10.1. The number of aryl methyl sites for hydroxylation is 1. The molecule has 0 bridgehead atoms. The van der Waals surface area contributed by atoms with Gasteiger partial charge < -0.3 is 14.6 Å². The summed E-state index contributed by atoms with van der Waals surface area (Å²) in [6.45, 7) is 1.41. The van der Waals surface area contributed by atoms with Gasteiger partial charge in [-0.15, -0.1) is 0 Å². The van der Waals surface area contributed by atoms with E-state index in [1.165, 1.54) is 6.42 Å². The molecule has 1 aliphatic heterocycles. The summed E-state index contributed by atoms with van der Waals surface area (Å²) in [6.07, 6.45) is 5.42. The van der Waals surface area contributed by atoms with E-state index in [2.05, 4.69) is 5.32 Å². The Kier molecular flexibility index (Phi) is 3.74. The molecule has 0 aliphatic carbocycles. The second kappa shape index (κ2) is 5.67. The normalized spacial score (nSPS) is 19.1. The molecule has 1 saturated heterocycles. The summed E-state index contributed by atoms with van der Waals surface area (Å²) in [5.41, 5.74) is 1.81. The zero-order valence-electron chi connectivity index (χ0n) is 11.8. The molecule has 1 fully saturated rings. The molecule has 4 nitrogen and oxygen atoms in total. The van der Waals surface area contributed by atoms with Gasteiger partial charge in [0.05, 0.1) is 11.7 Å². The number of hydrogen-bond donors (Lipinski definition) is 1. The molecule has 0 unspecified atom stereocenters. The lowest BCUT2D eigenvalue weighted by Crippen LogP contribution is -2.35. The molecule has 1 amide bonds. The molecule has 4 heteroatoms. The van der Waals surface area contributed by atoms with Crippen LogP contribution in [0.5, 0.6) is 0 Å². The third-order valence-electron chi connectivity index (χ3n) is 3.91. The van der Waals surface area contributed by atoms with E-state index in [0.717, 1.165) is 35.9 Å². The van der Waals surface area contributed by atoms with Crippen LogP contribution < -0.4 is 5.32 Å². The van der Waals surface area contributed by atoms with Crippen LogP contribution in [-0.2, 0) is 11.8 Å². The Morgan fingerprint density at radius 3 is 3.05 bits per heavy atom. The summed E-state index contributed by atoms with van der Waals surface area (Å²) in [5.74, 6) is -0.0176. The molecule has 1 aromatic heterocycles. The van der Waals surface area contributed by atoms with Crippen molar-refractivity contribution in [3.05, 3.63) is 36.0 Å². The lowest BCUT2D eigenvalue weighted by Gasteiger charge is -2.22. The van der Waals surface area contributed by atoms with Crippen LogP contribution in [-0.4, -0.2) is 29.7 Å². The summed E-state index contributed by atoms with van der Waals surface area (Å²) >= 11 is 0. The minimum atomic E-state index is -0.0176. The first-order valence-electron chi connectivity index (χ1n) is 7.19. The number of carbonyl (C=O) groups is 1. The van der Waals surface area contributed by atoms with Crippen molar-refractivity contribution in [1.82, 2.24) is 9.88 Å². The summed E-state index contributed by atoms with van der Waals surface area (Å²) in [4.78, 5) is 12.3. The number of ether oxygens (including phenoxy) is 1. The summed E-state index contributed by atoms with van der Waals surface area (Å²) in [7, 11) is 1.96. The van der Waals surface area contributed by atoms with Gasteiger partial charge in [0.25, 0.3) is 5.91 Å². The first-order chi connectivity index (χ1) is 9.75. The Labute approximate surface area is 118 Å². The minimum Gasteiger partial charge on any atom is -0.376 e. The quantitative estimate of drug-likeness (QED) is 0.932. The van der Waals surface area contributed by atoms with Crippen molar-refractivity contribution in [2.45, 2.75) is 25.4 Å². The highest BCUT2D eigenvalue weighted by Gasteiger charge is 2.17. The smallest absolute Gasteiger partial charge is 0.253 e. The van der Waals surface area contributed by atoms with Gasteiger partial charge >= 0.3 is 0 Å². The van der Waals surface area contributed by atoms with E-state index in [0.29, 0.717) is 6.54 Å². The zero-order valence-corrected chi connectivity index (χ0v) is 11.8. The average molecular weight is 272 g/mol. The Morgan fingerprint density at radius 2 is 2.25 bits per heavy atom. The number of fused-ring (bicyclic) bond motifs is 1.